The highest BCUT2D eigenvalue weighted by atomic mass is 16.5. The fraction of sp³-hybridized carbons (Fsp3) is 0.588. The Morgan fingerprint density at radius 1 is 1.30 bits per heavy atom. The maximum Gasteiger partial charge on any atom is 0.251 e. The Kier molecular flexibility index (Phi) is 7.16. The number of ether oxygens (including phenoxy) is 2. The summed E-state index contributed by atoms with van der Waals surface area (Å²) >= 11 is 0. The number of carbonyl (C=O) groups is 1. The molecular formula is C17H27N3O3. The van der Waals surface area contributed by atoms with Crippen molar-refractivity contribution in [3.63, 3.8) is 0 Å². The number of carbonyl (C=O) groups excluding carboxylic acids is 1. The third-order valence-corrected chi connectivity index (χ3v) is 3.87. The minimum absolute atomic E-state index is 0.0772. The van der Waals surface area contributed by atoms with Crippen LogP contribution in [0.25, 0.3) is 0 Å². The van der Waals surface area contributed by atoms with E-state index in [0.717, 1.165) is 39.1 Å². The molecule has 2 N–H and O–H groups in total. The van der Waals surface area contributed by atoms with Gasteiger partial charge in [-0.2, -0.15) is 0 Å². The summed E-state index contributed by atoms with van der Waals surface area (Å²) in [6.07, 6.45) is 0.958. The van der Waals surface area contributed by atoms with Gasteiger partial charge < -0.3 is 25.0 Å². The summed E-state index contributed by atoms with van der Waals surface area (Å²) in [6.45, 7) is 8.46. The number of rotatable bonds is 8. The van der Waals surface area contributed by atoms with E-state index in [9.17, 15) is 4.79 Å². The molecule has 1 heterocycles. The van der Waals surface area contributed by atoms with E-state index >= 15 is 0 Å². The second kappa shape index (κ2) is 9.37. The minimum atomic E-state index is -0.0772. The molecule has 1 saturated heterocycles. The van der Waals surface area contributed by atoms with Crippen LogP contribution in [0.1, 0.15) is 23.7 Å². The normalized spacial score (nSPS) is 15.2. The van der Waals surface area contributed by atoms with Crippen molar-refractivity contribution >= 4 is 5.91 Å². The van der Waals surface area contributed by atoms with Crippen LogP contribution in [-0.4, -0.2) is 63.8 Å². The number of nitrogens with one attached hydrogen (secondary N) is 2. The zero-order chi connectivity index (χ0) is 16.5. The van der Waals surface area contributed by atoms with E-state index < -0.39 is 0 Å². The monoisotopic (exact) mass is 321 g/mol. The molecule has 1 aliphatic rings. The first-order chi connectivity index (χ1) is 11.2. The highest BCUT2D eigenvalue weighted by Gasteiger charge is 2.12. The van der Waals surface area contributed by atoms with Gasteiger partial charge in [-0.25, -0.2) is 0 Å². The van der Waals surface area contributed by atoms with Crippen LogP contribution >= 0.6 is 0 Å². The molecule has 1 fully saturated rings. The molecule has 23 heavy (non-hydrogen) atoms. The number of hydrogen-bond acceptors (Lipinski definition) is 5. The molecule has 0 aliphatic carbocycles. The van der Waals surface area contributed by atoms with Crippen molar-refractivity contribution in [1.29, 1.82) is 0 Å². The Hall–Kier alpha value is -1.79. The van der Waals surface area contributed by atoms with Gasteiger partial charge >= 0.3 is 0 Å². The SMILES string of the molecule is CCOc1ccc(C(=O)NCCCN2CCNCC2)cc1OC. The highest BCUT2D eigenvalue weighted by molar-refractivity contribution is 5.94. The lowest BCUT2D eigenvalue weighted by atomic mass is 10.2. The van der Waals surface area contributed by atoms with E-state index in [1.807, 2.05) is 6.92 Å². The summed E-state index contributed by atoms with van der Waals surface area (Å²) in [6, 6.07) is 5.26. The Morgan fingerprint density at radius 2 is 2.09 bits per heavy atom. The minimum Gasteiger partial charge on any atom is -0.493 e. The molecule has 6 nitrogen and oxygen atoms in total. The Morgan fingerprint density at radius 3 is 2.78 bits per heavy atom. The summed E-state index contributed by atoms with van der Waals surface area (Å²) in [4.78, 5) is 14.6. The van der Waals surface area contributed by atoms with Crippen LogP contribution in [0, 0.1) is 0 Å². The van der Waals surface area contributed by atoms with Crippen LogP contribution in [-0.2, 0) is 0 Å². The van der Waals surface area contributed by atoms with Gasteiger partial charge in [-0.15, -0.1) is 0 Å². The standard InChI is InChI=1S/C17H27N3O3/c1-3-23-15-6-5-14(13-16(15)22-2)17(21)19-7-4-10-20-11-8-18-9-12-20/h5-6,13,18H,3-4,7-12H2,1-2H3,(H,19,21). The number of piperazine rings is 1. The van der Waals surface area contributed by atoms with Crippen LogP contribution < -0.4 is 20.1 Å². The summed E-state index contributed by atoms with van der Waals surface area (Å²) < 4.78 is 10.7. The van der Waals surface area contributed by atoms with E-state index in [0.29, 0.717) is 30.2 Å². The number of hydrogen-bond donors (Lipinski definition) is 2. The van der Waals surface area contributed by atoms with Gasteiger partial charge in [-0.1, -0.05) is 0 Å². The first kappa shape index (κ1) is 17.6. The predicted molar refractivity (Wildman–Crippen MR) is 90.4 cm³/mol. The van der Waals surface area contributed by atoms with Gasteiger partial charge in [0, 0.05) is 38.3 Å². The Balaban J connectivity index is 1.78. The summed E-state index contributed by atoms with van der Waals surface area (Å²) in [5.74, 6) is 1.16. The van der Waals surface area contributed by atoms with Crippen molar-refractivity contribution in [3.8, 4) is 11.5 Å². The van der Waals surface area contributed by atoms with Crippen LogP contribution in [0.15, 0.2) is 18.2 Å². The van der Waals surface area contributed by atoms with Crippen LogP contribution in [0.2, 0.25) is 0 Å². The van der Waals surface area contributed by atoms with Gasteiger partial charge in [0.15, 0.2) is 11.5 Å². The quantitative estimate of drug-likeness (QED) is 0.703. The van der Waals surface area contributed by atoms with Crippen molar-refractivity contribution < 1.29 is 14.3 Å². The third-order valence-electron chi connectivity index (χ3n) is 3.87. The largest absolute Gasteiger partial charge is 0.493 e. The van der Waals surface area contributed by atoms with Gasteiger partial charge in [0.1, 0.15) is 0 Å². The lowest BCUT2D eigenvalue weighted by Crippen LogP contribution is -2.44. The molecule has 0 unspecified atom stereocenters. The molecule has 0 spiro atoms. The van der Waals surface area contributed by atoms with Crippen LogP contribution in [0.4, 0.5) is 0 Å². The second-order valence-electron chi connectivity index (χ2n) is 5.50. The maximum atomic E-state index is 12.2. The number of methoxy groups -OCH3 is 1. The zero-order valence-electron chi connectivity index (χ0n) is 14.1. The second-order valence-corrected chi connectivity index (χ2v) is 5.50. The van der Waals surface area contributed by atoms with E-state index in [4.69, 9.17) is 9.47 Å². The van der Waals surface area contributed by atoms with Crippen molar-refractivity contribution in [2.45, 2.75) is 13.3 Å². The van der Waals surface area contributed by atoms with E-state index in [-0.39, 0.29) is 5.91 Å². The van der Waals surface area contributed by atoms with Crippen molar-refractivity contribution in [2.24, 2.45) is 0 Å². The Labute approximate surface area is 138 Å². The molecule has 1 aromatic rings. The number of amides is 1. The van der Waals surface area contributed by atoms with Gasteiger partial charge in [-0.05, 0) is 38.1 Å². The van der Waals surface area contributed by atoms with Gasteiger partial charge in [-0.3, -0.25) is 4.79 Å². The first-order valence-electron chi connectivity index (χ1n) is 8.26. The molecule has 6 heteroatoms. The van der Waals surface area contributed by atoms with Crippen LogP contribution in [0.5, 0.6) is 11.5 Å². The van der Waals surface area contributed by atoms with Crippen molar-refractivity contribution in [1.82, 2.24) is 15.5 Å². The van der Waals surface area contributed by atoms with E-state index in [1.54, 1.807) is 25.3 Å². The number of nitrogens with zero attached hydrogens (tertiary/aromatic N) is 1. The smallest absolute Gasteiger partial charge is 0.251 e. The lowest BCUT2D eigenvalue weighted by Gasteiger charge is -2.27. The molecule has 0 bridgehead atoms. The topological polar surface area (TPSA) is 62.8 Å². The molecule has 1 aliphatic heterocycles. The first-order valence-corrected chi connectivity index (χ1v) is 8.26. The summed E-state index contributed by atoms with van der Waals surface area (Å²) in [7, 11) is 1.58. The maximum absolute atomic E-state index is 12.2. The third kappa shape index (κ3) is 5.41. The average Bonchev–Trinajstić information content (AvgIpc) is 2.60. The highest BCUT2D eigenvalue weighted by Crippen LogP contribution is 2.27. The molecule has 0 atom stereocenters. The summed E-state index contributed by atoms with van der Waals surface area (Å²) in [5, 5.41) is 6.30. The van der Waals surface area contributed by atoms with Crippen LogP contribution in [0.3, 0.4) is 0 Å². The molecule has 1 amide bonds. The molecule has 0 saturated carbocycles. The molecule has 2 rings (SSSR count). The predicted octanol–water partition coefficient (Wildman–Crippen LogP) is 1.12. The molecule has 1 aromatic carbocycles. The van der Waals surface area contributed by atoms with Gasteiger partial charge in [0.2, 0.25) is 0 Å². The fourth-order valence-corrected chi connectivity index (χ4v) is 2.62. The summed E-state index contributed by atoms with van der Waals surface area (Å²) in [5.41, 5.74) is 0.590. The zero-order valence-corrected chi connectivity index (χ0v) is 14.1. The van der Waals surface area contributed by atoms with Crippen molar-refractivity contribution in [3.05, 3.63) is 23.8 Å². The fourth-order valence-electron chi connectivity index (χ4n) is 2.62. The average molecular weight is 321 g/mol. The molecule has 0 aromatic heterocycles. The molecule has 128 valence electrons. The lowest BCUT2D eigenvalue weighted by molar-refractivity contribution is 0.0951. The number of benzene rings is 1. The molecule has 0 radical (unpaired) electrons. The Bertz CT molecular complexity index is 502. The molecular weight excluding hydrogens is 294 g/mol. The van der Waals surface area contributed by atoms with Gasteiger partial charge in [0.05, 0.1) is 13.7 Å². The van der Waals surface area contributed by atoms with Gasteiger partial charge in [0.25, 0.3) is 5.91 Å². The van der Waals surface area contributed by atoms with E-state index in [2.05, 4.69) is 15.5 Å². The van der Waals surface area contributed by atoms with Crippen molar-refractivity contribution in [2.75, 3.05) is 53.0 Å². The van der Waals surface area contributed by atoms with E-state index in [1.165, 1.54) is 0 Å².